The molecule has 3 N–H and O–H groups in total. The fourth-order valence-electron chi connectivity index (χ4n) is 2.05. The molecule has 2 heterocycles. The Hall–Kier alpha value is -2.25. The number of aliphatic imine (C=N–C) groups is 1. The number of hydrogen-bond acceptors (Lipinski definition) is 3. The minimum atomic E-state index is -0.191. The normalized spacial score (nSPS) is 11.3. The first kappa shape index (κ1) is 19.1. The van der Waals surface area contributed by atoms with Crippen LogP contribution in [0.1, 0.15) is 12.6 Å². The second-order valence-corrected chi connectivity index (χ2v) is 5.94. The van der Waals surface area contributed by atoms with Gasteiger partial charge in [0.05, 0.1) is 30.0 Å². The van der Waals surface area contributed by atoms with Gasteiger partial charge >= 0.3 is 0 Å². The lowest BCUT2D eigenvalue weighted by atomic mass is 10.4. The zero-order chi connectivity index (χ0) is 18.2. The molecular weight excluding hydrogens is 363 g/mol. The number of nitrogens with zero attached hydrogens (tertiary/aromatic N) is 3. The second kappa shape index (κ2) is 9.29. The second-order valence-electron chi connectivity index (χ2n) is 5.17. The molecule has 2 rings (SSSR count). The number of hydrogen-bond donors (Lipinski definition) is 3. The van der Waals surface area contributed by atoms with Crippen LogP contribution >= 0.6 is 23.2 Å². The van der Waals surface area contributed by atoms with Crippen LogP contribution in [0.25, 0.3) is 0 Å². The van der Waals surface area contributed by atoms with Crippen LogP contribution < -0.4 is 16.0 Å². The molecule has 0 spiro atoms. The Morgan fingerprint density at radius 3 is 2.76 bits per heavy atom. The van der Waals surface area contributed by atoms with Crippen LogP contribution in [-0.2, 0) is 18.4 Å². The van der Waals surface area contributed by atoms with Crippen LogP contribution in [0, 0.1) is 0 Å². The molecule has 0 aliphatic rings. The fraction of sp³-hybridized carbons (Fsp3) is 0.312. The van der Waals surface area contributed by atoms with Gasteiger partial charge in [0.25, 0.3) is 0 Å². The van der Waals surface area contributed by atoms with Crippen molar-refractivity contribution in [3.05, 3.63) is 46.5 Å². The Labute approximate surface area is 156 Å². The summed E-state index contributed by atoms with van der Waals surface area (Å²) in [5.41, 5.74) is 1.51. The lowest BCUT2D eigenvalue weighted by Gasteiger charge is -2.11. The minimum absolute atomic E-state index is 0.0787. The number of guanidine groups is 1. The standard InChI is InChI=1S/C16H20Cl2N6O/c1-3-20-16(21-9-12-7-13(17)15(18)24(12)2)22-10-14(25)23-11-5-4-6-19-8-11/h4-8H,3,9-10H2,1-2H3,(H,23,25)(H2,20,21,22). The molecule has 0 aliphatic carbocycles. The number of nitrogens with one attached hydrogen (secondary N) is 3. The number of rotatable bonds is 6. The first-order chi connectivity index (χ1) is 12.0. The topological polar surface area (TPSA) is 83.3 Å². The number of anilines is 1. The van der Waals surface area contributed by atoms with E-state index in [1.807, 2.05) is 14.0 Å². The lowest BCUT2D eigenvalue weighted by Crippen LogP contribution is -2.41. The smallest absolute Gasteiger partial charge is 0.243 e. The fourth-order valence-corrected chi connectivity index (χ4v) is 2.46. The predicted octanol–water partition coefficient (Wildman–Crippen LogP) is 2.42. The summed E-state index contributed by atoms with van der Waals surface area (Å²) in [6, 6.07) is 5.30. The van der Waals surface area contributed by atoms with E-state index in [0.717, 1.165) is 5.69 Å². The molecule has 0 atom stereocenters. The number of amides is 1. The highest BCUT2D eigenvalue weighted by Gasteiger charge is 2.09. The van der Waals surface area contributed by atoms with Gasteiger partial charge in [-0.05, 0) is 25.1 Å². The van der Waals surface area contributed by atoms with Gasteiger partial charge < -0.3 is 20.5 Å². The number of carbonyl (C=O) groups is 1. The minimum Gasteiger partial charge on any atom is -0.357 e. The molecule has 7 nitrogen and oxygen atoms in total. The summed E-state index contributed by atoms with van der Waals surface area (Å²) >= 11 is 12.0. The van der Waals surface area contributed by atoms with Gasteiger partial charge in [-0.1, -0.05) is 23.2 Å². The van der Waals surface area contributed by atoms with Gasteiger partial charge in [0.2, 0.25) is 5.91 Å². The van der Waals surface area contributed by atoms with Crippen LogP contribution in [0.2, 0.25) is 10.2 Å². The third-order valence-electron chi connectivity index (χ3n) is 3.32. The summed E-state index contributed by atoms with van der Waals surface area (Å²) in [4.78, 5) is 20.4. The van der Waals surface area contributed by atoms with Crippen molar-refractivity contribution in [2.75, 3.05) is 18.4 Å². The maximum Gasteiger partial charge on any atom is 0.243 e. The van der Waals surface area contributed by atoms with Gasteiger partial charge in [-0.25, -0.2) is 4.99 Å². The van der Waals surface area contributed by atoms with E-state index < -0.39 is 0 Å². The largest absolute Gasteiger partial charge is 0.357 e. The Morgan fingerprint density at radius 2 is 2.16 bits per heavy atom. The monoisotopic (exact) mass is 382 g/mol. The molecular formula is C16H20Cl2N6O. The molecule has 0 aromatic carbocycles. The molecule has 1 amide bonds. The molecule has 2 aromatic rings. The van der Waals surface area contributed by atoms with E-state index in [4.69, 9.17) is 23.2 Å². The van der Waals surface area contributed by atoms with Gasteiger partial charge in [0, 0.05) is 25.5 Å². The van der Waals surface area contributed by atoms with E-state index in [-0.39, 0.29) is 12.5 Å². The molecule has 0 unspecified atom stereocenters. The Balaban J connectivity index is 1.93. The quantitative estimate of drug-likeness (QED) is 0.529. The van der Waals surface area contributed by atoms with Gasteiger partial charge in [-0.3, -0.25) is 9.78 Å². The highest BCUT2D eigenvalue weighted by Crippen LogP contribution is 2.25. The molecule has 0 bridgehead atoms. The molecule has 0 radical (unpaired) electrons. The summed E-state index contributed by atoms with van der Waals surface area (Å²) in [7, 11) is 1.82. The lowest BCUT2D eigenvalue weighted by molar-refractivity contribution is -0.115. The van der Waals surface area contributed by atoms with E-state index in [1.165, 1.54) is 0 Å². The SMILES string of the molecule is CCNC(=NCc1cc(Cl)c(Cl)n1C)NCC(=O)Nc1cccnc1. The van der Waals surface area contributed by atoms with Crippen molar-refractivity contribution in [2.24, 2.45) is 12.0 Å². The van der Waals surface area contributed by atoms with Gasteiger partial charge in [-0.15, -0.1) is 0 Å². The summed E-state index contributed by atoms with van der Waals surface area (Å²) in [6.45, 7) is 3.08. The van der Waals surface area contributed by atoms with Crippen molar-refractivity contribution < 1.29 is 4.79 Å². The first-order valence-electron chi connectivity index (χ1n) is 7.73. The summed E-state index contributed by atoms with van der Waals surface area (Å²) < 4.78 is 1.77. The van der Waals surface area contributed by atoms with Crippen molar-refractivity contribution in [2.45, 2.75) is 13.5 Å². The van der Waals surface area contributed by atoms with Crippen LogP contribution in [0.15, 0.2) is 35.6 Å². The third-order valence-corrected chi connectivity index (χ3v) is 4.16. The Kier molecular flexibility index (Phi) is 7.09. The molecule has 0 aliphatic heterocycles. The van der Waals surface area contributed by atoms with Gasteiger partial charge in [0.15, 0.2) is 5.96 Å². The van der Waals surface area contributed by atoms with Crippen molar-refractivity contribution in [3.8, 4) is 0 Å². The molecule has 134 valence electrons. The van der Waals surface area contributed by atoms with Crippen LogP contribution in [-0.4, -0.2) is 34.5 Å². The van der Waals surface area contributed by atoms with Crippen LogP contribution in [0.4, 0.5) is 5.69 Å². The van der Waals surface area contributed by atoms with E-state index in [0.29, 0.717) is 34.9 Å². The molecule has 2 aromatic heterocycles. The molecule has 0 fully saturated rings. The number of halogens is 2. The number of carbonyl (C=O) groups excluding carboxylic acids is 1. The molecule has 25 heavy (non-hydrogen) atoms. The van der Waals surface area contributed by atoms with Crippen LogP contribution in [0.3, 0.4) is 0 Å². The van der Waals surface area contributed by atoms with Gasteiger partial charge in [0.1, 0.15) is 5.15 Å². The van der Waals surface area contributed by atoms with E-state index in [1.54, 1.807) is 35.2 Å². The third kappa shape index (κ3) is 5.65. The van der Waals surface area contributed by atoms with Crippen LogP contribution in [0.5, 0.6) is 0 Å². The maximum atomic E-state index is 12.0. The zero-order valence-electron chi connectivity index (χ0n) is 14.0. The Bertz CT molecular complexity index is 745. The number of aromatic nitrogens is 2. The first-order valence-corrected chi connectivity index (χ1v) is 8.48. The molecule has 9 heteroatoms. The summed E-state index contributed by atoms with van der Waals surface area (Å²) in [5.74, 6) is 0.334. The number of pyridine rings is 1. The zero-order valence-corrected chi connectivity index (χ0v) is 15.5. The highest BCUT2D eigenvalue weighted by molar-refractivity contribution is 6.41. The van der Waals surface area contributed by atoms with E-state index >= 15 is 0 Å². The van der Waals surface area contributed by atoms with Crippen molar-refractivity contribution in [1.29, 1.82) is 0 Å². The summed E-state index contributed by atoms with van der Waals surface area (Å²) in [5, 5.41) is 9.78. The maximum absolute atomic E-state index is 12.0. The van der Waals surface area contributed by atoms with Crippen molar-refractivity contribution >= 4 is 40.8 Å². The van der Waals surface area contributed by atoms with Gasteiger partial charge in [-0.2, -0.15) is 0 Å². The Morgan fingerprint density at radius 1 is 1.36 bits per heavy atom. The average molecular weight is 383 g/mol. The average Bonchev–Trinajstić information content (AvgIpc) is 2.85. The van der Waals surface area contributed by atoms with E-state index in [2.05, 4.69) is 25.9 Å². The van der Waals surface area contributed by atoms with Crippen molar-refractivity contribution in [3.63, 3.8) is 0 Å². The molecule has 0 saturated carbocycles. The van der Waals surface area contributed by atoms with Crippen molar-refractivity contribution in [1.82, 2.24) is 20.2 Å². The van der Waals surface area contributed by atoms with E-state index in [9.17, 15) is 4.79 Å². The highest BCUT2D eigenvalue weighted by atomic mass is 35.5. The summed E-state index contributed by atoms with van der Waals surface area (Å²) in [6.07, 6.45) is 3.23. The molecule has 0 saturated heterocycles. The predicted molar refractivity (Wildman–Crippen MR) is 101 cm³/mol.